The normalized spacial score (nSPS) is 4.33. The van der Waals surface area contributed by atoms with Gasteiger partial charge < -0.3 is 6.22 Å². The van der Waals surface area contributed by atoms with Gasteiger partial charge in [0, 0.05) is 0 Å². The maximum Gasteiger partial charge on any atom is 1.00 e. The Bertz CT molecular complexity index is 37.9. The molecule has 0 aliphatic rings. The van der Waals surface area contributed by atoms with Crippen molar-refractivity contribution < 1.29 is 35.8 Å². The Morgan fingerprint density at radius 2 is 1.50 bits per heavy atom. The second-order valence-corrected chi connectivity index (χ2v) is 0.908. The third-order valence-electron chi connectivity index (χ3n) is 0. The van der Waals surface area contributed by atoms with E-state index in [4.69, 9.17) is 0 Å². The van der Waals surface area contributed by atoms with Crippen LogP contribution in [0.3, 0.4) is 0 Å². The number of hydrogen-bond acceptors (Lipinski definition) is 1. The van der Waals surface area contributed by atoms with Gasteiger partial charge in [-0.15, -0.1) is 0 Å². The first-order chi connectivity index (χ1) is 1.73. The molecule has 0 radical (unpaired) electrons. The fourth-order valence-electron chi connectivity index (χ4n) is 0. The SMILES string of the molecule is CC(C)=O.[AlH3].[H-].[Na+]. The van der Waals surface area contributed by atoms with E-state index >= 15 is 0 Å². The average molecular weight is 112 g/mol. The molecule has 32 valence electrons. The minimum atomic E-state index is 0. The van der Waals surface area contributed by atoms with Gasteiger partial charge in [-0.25, -0.2) is 0 Å². The molecule has 0 heterocycles. The summed E-state index contributed by atoms with van der Waals surface area (Å²) in [5.41, 5.74) is 0. The predicted molar refractivity (Wildman–Crippen MR) is 27.4 cm³/mol. The van der Waals surface area contributed by atoms with Crippen LogP contribution < -0.4 is 29.6 Å². The molecule has 0 saturated carbocycles. The van der Waals surface area contributed by atoms with Gasteiger partial charge >= 0.3 is 29.6 Å². The minimum absolute atomic E-state index is 0. The van der Waals surface area contributed by atoms with Crippen molar-refractivity contribution in [2.24, 2.45) is 0 Å². The first kappa shape index (κ1) is 15.7. The van der Waals surface area contributed by atoms with Crippen LogP contribution in [0.5, 0.6) is 0 Å². The van der Waals surface area contributed by atoms with Crippen molar-refractivity contribution in [1.29, 1.82) is 0 Å². The maximum absolute atomic E-state index is 9.44. The summed E-state index contributed by atoms with van der Waals surface area (Å²) < 4.78 is 0. The van der Waals surface area contributed by atoms with Crippen LogP contribution in [0, 0.1) is 0 Å². The molecule has 6 heavy (non-hydrogen) atoms. The van der Waals surface area contributed by atoms with Crippen LogP contribution in [0.15, 0.2) is 0 Å². The fraction of sp³-hybridized carbons (Fsp3) is 0.667. The predicted octanol–water partition coefficient (Wildman–Crippen LogP) is -3.47. The molecule has 1 nitrogen and oxygen atoms in total. The van der Waals surface area contributed by atoms with E-state index in [1.54, 1.807) is 0 Å². The van der Waals surface area contributed by atoms with Crippen molar-refractivity contribution in [2.45, 2.75) is 13.8 Å². The maximum atomic E-state index is 9.44. The molecule has 0 aromatic carbocycles. The molecule has 0 aliphatic carbocycles. The Labute approximate surface area is 72.4 Å². The number of ketones is 1. The van der Waals surface area contributed by atoms with Crippen LogP contribution in [0.4, 0.5) is 0 Å². The van der Waals surface area contributed by atoms with Gasteiger partial charge in [-0.3, -0.25) is 0 Å². The quantitative estimate of drug-likeness (QED) is 0.297. The Hall–Kier alpha value is 1.20. The second kappa shape index (κ2) is 9.51. The molecular weight excluding hydrogens is 102 g/mol. The Morgan fingerprint density at radius 3 is 1.50 bits per heavy atom. The summed E-state index contributed by atoms with van der Waals surface area (Å²) in [4.78, 5) is 9.44. The van der Waals surface area contributed by atoms with Crippen molar-refractivity contribution >= 4 is 23.1 Å². The van der Waals surface area contributed by atoms with Gasteiger partial charge in [-0.05, 0) is 13.8 Å². The summed E-state index contributed by atoms with van der Waals surface area (Å²) in [5, 5.41) is 0. The van der Waals surface area contributed by atoms with E-state index < -0.39 is 0 Å². The van der Waals surface area contributed by atoms with Crippen LogP contribution in [0.2, 0.25) is 0 Å². The fourth-order valence-corrected chi connectivity index (χ4v) is 0. The molecule has 0 aromatic heterocycles. The Morgan fingerprint density at radius 1 is 1.50 bits per heavy atom. The summed E-state index contributed by atoms with van der Waals surface area (Å²) >= 11 is 0. The van der Waals surface area contributed by atoms with Crippen LogP contribution in [0.25, 0.3) is 0 Å². The molecule has 0 atom stereocenters. The van der Waals surface area contributed by atoms with E-state index in [2.05, 4.69) is 0 Å². The summed E-state index contributed by atoms with van der Waals surface area (Å²) in [7, 11) is 0. The van der Waals surface area contributed by atoms with E-state index in [1.807, 2.05) is 0 Å². The van der Waals surface area contributed by atoms with Crippen molar-refractivity contribution in [3.8, 4) is 0 Å². The standard InChI is InChI=1S/C3H6O.Al.Na.4H/c1-3(2)4;;;;;;/h1-2H3;;;;;;/q;;+1;;;;-1. The third kappa shape index (κ3) is 63.5. The van der Waals surface area contributed by atoms with Crippen molar-refractivity contribution in [3.63, 3.8) is 0 Å². The van der Waals surface area contributed by atoms with E-state index in [0.29, 0.717) is 0 Å². The van der Waals surface area contributed by atoms with E-state index in [1.165, 1.54) is 13.8 Å². The summed E-state index contributed by atoms with van der Waals surface area (Å²) in [6.07, 6.45) is 0. The van der Waals surface area contributed by atoms with Crippen LogP contribution in [-0.2, 0) is 4.79 Å². The number of rotatable bonds is 0. The van der Waals surface area contributed by atoms with Gasteiger partial charge in [-0.1, -0.05) is 0 Å². The van der Waals surface area contributed by atoms with Crippen molar-refractivity contribution in [2.75, 3.05) is 0 Å². The molecule has 0 bridgehead atoms. The summed E-state index contributed by atoms with van der Waals surface area (Å²) in [6, 6.07) is 0. The topological polar surface area (TPSA) is 17.1 Å². The van der Waals surface area contributed by atoms with E-state index in [-0.39, 0.29) is 54.1 Å². The zero-order chi connectivity index (χ0) is 3.58. The molecular formula is C3H10AlNaO. The number of carbonyl (C=O) groups is 1. The Balaban J connectivity index is -0.0000000150. The smallest absolute Gasteiger partial charge is 1.00 e. The summed E-state index contributed by atoms with van der Waals surface area (Å²) in [6.45, 7) is 3.06. The van der Waals surface area contributed by atoms with Crippen molar-refractivity contribution in [1.82, 2.24) is 0 Å². The van der Waals surface area contributed by atoms with Crippen LogP contribution >= 0.6 is 0 Å². The first-order valence-corrected chi connectivity index (χ1v) is 1.20. The molecule has 0 N–H and O–H groups in total. The molecule has 0 aliphatic heterocycles. The number of carbonyl (C=O) groups excluding carboxylic acids is 1. The minimum Gasteiger partial charge on any atom is -1.00 e. The largest absolute Gasteiger partial charge is 1.00 e. The molecule has 3 heteroatoms. The number of Topliss-reactive ketones (excluding diaryl/α,β-unsaturated/α-hetero) is 1. The van der Waals surface area contributed by atoms with Gasteiger partial charge in [0.1, 0.15) is 5.78 Å². The second-order valence-electron chi connectivity index (χ2n) is 0.908. The molecule has 0 aromatic rings. The third-order valence-corrected chi connectivity index (χ3v) is 0. The summed E-state index contributed by atoms with van der Waals surface area (Å²) in [5.74, 6) is 0.167. The van der Waals surface area contributed by atoms with Crippen LogP contribution in [0.1, 0.15) is 15.3 Å². The van der Waals surface area contributed by atoms with E-state index in [0.717, 1.165) is 0 Å². The number of hydrogen-bond donors (Lipinski definition) is 0. The molecule has 0 amide bonds. The van der Waals surface area contributed by atoms with Gasteiger partial charge in [-0.2, -0.15) is 0 Å². The van der Waals surface area contributed by atoms with Gasteiger partial charge in [0.25, 0.3) is 0 Å². The molecule has 0 saturated heterocycles. The van der Waals surface area contributed by atoms with Gasteiger partial charge in [0.15, 0.2) is 17.4 Å². The van der Waals surface area contributed by atoms with Crippen LogP contribution in [-0.4, -0.2) is 23.1 Å². The first-order valence-electron chi connectivity index (χ1n) is 1.20. The van der Waals surface area contributed by atoms with Gasteiger partial charge in [0.05, 0.1) is 0 Å². The zero-order valence-corrected chi connectivity index (χ0v) is 5.91. The zero-order valence-electron chi connectivity index (χ0n) is 4.91. The van der Waals surface area contributed by atoms with Crippen molar-refractivity contribution in [3.05, 3.63) is 0 Å². The Kier molecular flexibility index (Phi) is 24.9. The molecule has 0 unspecified atom stereocenters. The molecule has 0 rings (SSSR count). The van der Waals surface area contributed by atoms with E-state index in [9.17, 15) is 4.79 Å². The molecule has 0 fully saturated rings. The molecule has 0 spiro atoms. The average Bonchev–Trinajstić information content (AvgIpc) is 0.811. The monoisotopic (exact) mass is 112 g/mol. The van der Waals surface area contributed by atoms with Gasteiger partial charge in [0.2, 0.25) is 0 Å².